The number of aromatic nitrogens is 1. The number of ether oxygens (including phenoxy) is 1. The second-order valence-corrected chi connectivity index (χ2v) is 8.64. The topological polar surface area (TPSA) is 80.0 Å². The Kier molecular flexibility index (Phi) is 6.55. The Morgan fingerprint density at radius 3 is 2.41 bits per heavy atom. The predicted molar refractivity (Wildman–Crippen MR) is 112 cm³/mol. The van der Waals surface area contributed by atoms with Gasteiger partial charge in [0.05, 0.1) is 9.92 Å². The minimum atomic E-state index is -4.11. The van der Waals surface area contributed by atoms with E-state index in [0.29, 0.717) is 17.9 Å². The van der Waals surface area contributed by atoms with Crippen LogP contribution in [0.3, 0.4) is 0 Å². The average molecular weight is 445 g/mol. The maximum atomic E-state index is 12.8. The van der Waals surface area contributed by atoms with Crippen molar-refractivity contribution in [3.8, 4) is 11.8 Å². The van der Waals surface area contributed by atoms with E-state index in [-0.39, 0.29) is 14.9 Å². The first-order valence-corrected chi connectivity index (χ1v) is 10.6. The molecule has 0 saturated carbocycles. The summed E-state index contributed by atoms with van der Waals surface area (Å²) in [5.41, 5.74) is 1.50. The summed E-state index contributed by atoms with van der Waals surface area (Å²) >= 11 is 11.9. The highest BCUT2D eigenvalue weighted by Crippen LogP contribution is 2.30. The molecule has 5 nitrogen and oxygen atoms in total. The zero-order valence-electron chi connectivity index (χ0n) is 14.9. The third kappa shape index (κ3) is 5.15. The van der Waals surface area contributed by atoms with Gasteiger partial charge in [-0.2, -0.15) is 5.26 Å². The van der Waals surface area contributed by atoms with Crippen molar-refractivity contribution in [2.45, 2.75) is 11.5 Å². The van der Waals surface area contributed by atoms with Crippen LogP contribution in [0, 0.1) is 11.3 Å². The molecule has 3 rings (SSSR count). The van der Waals surface area contributed by atoms with Crippen LogP contribution in [0.1, 0.15) is 11.1 Å². The molecule has 0 amide bonds. The zero-order chi connectivity index (χ0) is 20.9. The third-order valence-electron chi connectivity index (χ3n) is 3.92. The Bertz CT molecular complexity index is 1190. The second kappa shape index (κ2) is 9.10. The van der Waals surface area contributed by atoms with E-state index >= 15 is 0 Å². The molecule has 0 fully saturated rings. The Morgan fingerprint density at radius 1 is 1.07 bits per heavy atom. The Hall–Kier alpha value is -2.85. The summed E-state index contributed by atoms with van der Waals surface area (Å²) < 4.78 is 31.3. The normalized spacial score (nSPS) is 11.7. The van der Waals surface area contributed by atoms with E-state index in [2.05, 4.69) is 4.98 Å². The first-order valence-electron chi connectivity index (χ1n) is 8.34. The van der Waals surface area contributed by atoms with Gasteiger partial charge in [0.25, 0.3) is 0 Å². The fourth-order valence-corrected chi connectivity index (χ4v) is 4.34. The number of hydrogen-bond donors (Lipinski definition) is 0. The lowest BCUT2D eigenvalue weighted by atomic mass is 10.2. The van der Waals surface area contributed by atoms with Crippen LogP contribution >= 0.6 is 23.2 Å². The quantitative estimate of drug-likeness (QED) is 0.481. The smallest absolute Gasteiger partial charge is 0.218 e. The number of nitrogens with zero attached hydrogens (tertiary/aromatic N) is 2. The number of allylic oxidation sites excluding steroid dienone is 1. The van der Waals surface area contributed by atoms with Crippen LogP contribution in [-0.2, 0) is 16.4 Å². The summed E-state index contributed by atoms with van der Waals surface area (Å²) in [6.07, 6.45) is 4.64. The Balaban J connectivity index is 1.82. The minimum absolute atomic E-state index is 0.00425. The molecule has 1 aromatic heterocycles. The van der Waals surface area contributed by atoms with Crippen molar-refractivity contribution < 1.29 is 13.2 Å². The monoisotopic (exact) mass is 444 g/mol. The second-order valence-electron chi connectivity index (χ2n) is 5.91. The molecule has 0 N–H and O–H groups in total. The highest BCUT2D eigenvalue weighted by molar-refractivity contribution is 7.95. The lowest BCUT2D eigenvalue weighted by Crippen LogP contribution is -2.04. The standard InChI is InChI=1S/C21H14Cl2N2O3S/c22-17-3-6-20(23)21(12-17)29(26,27)19(13-24)11-15-1-4-18(5-2-15)28-14-16-7-9-25-10-8-16/h1-12H,14H2/b19-11+. The number of benzene rings is 2. The molecule has 0 aliphatic carbocycles. The van der Waals surface area contributed by atoms with Crippen LogP contribution in [0.2, 0.25) is 10.0 Å². The SMILES string of the molecule is N#C/C(=C\c1ccc(OCc2ccncc2)cc1)S(=O)(=O)c1cc(Cl)ccc1Cl. The molecule has 146 valence electrons. The number of halogens is 2. The van der Waals surface area contributed by atoms with Crippen molar-refractivity contribution in [1.82, 2.24) is 4.98 Å². The molecule has 3 aromatic rings. The van der Waals surface area contributed by atoms with Crippen LogP contribution in [0.25, 0.3) is 6.08 Å². The molecule has 0 aliphatic rings. The van der Waals surface area contributed by atoms with Gasteiger partial charge in [-0.25, -0.2) is 8.42 Å². The van der Waals surface area contributed by atoms with Gasteiger partial charge in [0.15, 0.2) is 0 Å². The molecule has 0 radical (unpaired) electrons. The molecule has 2 aromatic carbocycles. The molecular weight excluding hydrogens is 431 g/mol. The van der Waals surface area contributed by atoms with Crippen LogP contribution in [0.4, 0.5) is 0 Å². The van der Waals surface area contributed by atoms with E-state index in [1.54, 1.807) is 42.7 Å². The minimum Gasteiger partial charge on any atom is -0.489 e. The van der Waals surface area contributed by atoms with Gasteiger partial charge in [-0.1, -0.05) is 35.3 Å². The highest BCUT2D eigenvalue weighted by Gasteiger charge is 2.24. The van der Waals surface area contributed by atoms with E-state index < -0.39 is 14.7 Å². The number of nitriles is 1. The van der Waals surface area contributed by atoms with E-state index in [1.165, 1.54) is 24.3 Å². The summed E-state index contributed by atoms with van der Waals surface area (Å²) in [7, 11) is -4.11. The molecule has 0 saturated heterocycles. The van der Waals surface area contributed by atoms with Crippen molar-refractivity contribution >= 4 is 39.1 Å². The van der Waals surface area contributed by atoms with Crippen molar-refractivity contribution in [3.05, 3.63) is 93.1 Å². The summed E-state index contributed by atoms with van der Waals surface area (Å²) in [6, 6.07) is 16.2. The van der Waals surface area contributed by atoms with Crippen LogP contribution < -0.4 is 4.74 Å². The largest absolute Gasteiger partial charge is 0.489 e. The van der Waals surface area contributed by atoms with Gasteiger partial charge in [-0.3, -0.25) is 4.98 Å². The maximum absolute atomic E-state index is 12.8. The lowest BCUT2D eigenvalue weighted by molar-refractivity contribution is 0.306. The molecule has 1 heterocycles. The maximum Gasteiger partial charge on any atom is 0.218 e. The summed E-state index contributed by atoms with van der Waals surface area (Å²) in [5.74, 6) is 0.609. The van der Waals surface area contributed by atoms with Crippen molar-refractivity contribution in [2.24, 2.45) is 0 Å². The molecule has 0 atom stereocenters. The Labute approximate surface area is 178 Å². The molecule has 8 heteroatoms. The van der Waals surface area contributed by atoms with Gasteiger partial charge in [0.2, 0.25) is 9.84 Å². The molecule has 0 spiro atoms. The molecule has 0 unspecified atom stereocenters. The molecule has 29 heavy (non-hydrogen) atoms. The summed E-state index contributed by atoms with van der Waals surface area (Å²) in [6.45, 7) is 0.378. The number of rotatable bonds is 6. The Morgan fingerprint density at radius 2 is 1.76 bits per heavy atom. The van der Waals surface area contributed by atoms with Crippen LogP contribution in [0.15, 0.2) is 76.8 Å². The fraction of sp³-hybridized carbons (Fsp3) is 0.0476. The summed E-state index contributed by atoms with van der Waals surface area (Å²) in [5, 5.41) is 9.61. The van der Waals surface area contributed by atoms with Crippen molar-refractivity contribution in [2.75, 3.05) is 0 Å². The number of hydrogen-bond acceptors (Lipinski definition) is 5. The molecule has 0 bridgehead atoms. The first-order chi connectivity index (χ1) is 13.9. The summed E-state index contributed by atoms with van der Waals surface area (Å²) in [4.78, 5) is 3.30. The van der Waals surface area contributed by atoms with Crippen molar-refractivity contribution in [3.63, 3.8) is 0 Å². The fourth-order valence-electron chi connectivity index (χ4n) is 2.43. The van der Waals surface area contributed by atoms with Gasteiger partial charge in [0.1, 0.15) is 23.3 Å². The number of pyridine rings is 1. The average Bonchev–Trinajstić information content (AvgIpc) is 2.73. The van der Waals surface area contributed by atoms with Gasteiger partial charge in [-0.05, 0) is 59.7 Å². The van der Waals surface area contributed by atoms with Gasteiger partial charge >= 0.3 is 0 Å². The van der Waals surface area contributed by atoms with E-state index in [1.807, 2.05) is 12.1 Å². The van der Waals surface area contributed by atoms with E-state index in [4.69, 9.17) is 27.9 Å². The lowest BCUT2D eigenvalue weighted by Gasteiger charge is -2.07. The molecular formula is C21H14Cl2N2O3S. The zero-order valence-corrected chi connectivity index (χ0v) is 17.2. The third-order valence-corrected chi connectivity index (χ3v) is 6.30. The van der Waals surface area contributed by atoms with E-state index in [0.717, 1.165) is 5.56 Å². The van der Waals surface area contributed by atoms with Crippen LogP contribution in [0.5, 0.6) is 5.75 Å². The molecule has 0 aliphatic heterocycles. The van der Waals surface area contributed by atoms with Gasteiger partial charge in [-0.15, -0.1) is 0 Å². The first kappa shape index (κ1) is 20.9. The highest BCUT2D eigenvalue weighted by atomic mass is 35.5. The predicted octanol–water partition coefficient (Wildman–Crippen LogP) is 5.31. The van der Waals surface area contributed by atoms with Crippen LogP contribution in [-0.4, -0.2) is 13.4 Å². The van der Waals surface area contributed by atoms with Gasteiger partial charge < -0.3 is 4.74 Å². The van der Waals surface area contributed by atoms with Gasteiger partial charge in [0, 0.05) is 17.4 Å². The van der Waals surface area contributed by atoms with E-state index in [9.17, 15) is 13.7 Å². The number of sulfone groups is 1. The van der Waals surface area contributed by atoms with Crippen molar-refractivity contribution in [1.29, 1.82) is 5.26 Å².